The van der Waals surface area contributed by atoms with Crippen LogP contribution in [0.3, 0.4) is 0 Å². The van der Waals surface area contributed by atoms with Crippen molar-refractivity contribution in [3.8, 4) is 0 Å². The molecule has 2 fully saturated rings. The zero-order chi connectivity index (χ0) is 15.6. The topological polar surface area (TPSA) is 53.1 Å². The standard InChI is InChI=1S/C15H27N3O3/c1-5-12(2)17-8-6-15(7-9-17)13(19)16(3)14(20)18(15)10-11-21-4/h12H,5-11H2,1-4H3. The van der Waals surface area contributed by atoms with Gasteiger partial charge in [-0.25, -0.2) is 4.79 Å². The summed E-state index contributed by atoms with van der Waals surface area (Å²) in [6.45, 7) is 7.07. The van der Waals surface area contributed by atoms with Crippen LogP contribution in [-0.2, 0) is 9.53 Å². The molecule has 2 rings (SSSR count). The van der Waals surface area contributed by atoms with E-state index in [1.807, 2.05) is 0 Å². The predicted octanol–water partition coefficient (Wildman–Crippen LogP) is 1.16. The van der Waals surface area contributed by atoms with Crippen LogP contribution in [0.4, 0.5) is 4.79 Å². The lowest BCUT2D eigenvalue weighted by Crippen LogP contribution is -2.58. The Hall–Kier alpha value is -1.14. The third-order valence-electron chi connectivity index (χ3n) is 5.10. The number of amides is 3. The van der Waals surface area contributed by atoms with Gasteiger partial charge in [-0.1, -0.05) is 6.92 Å². The van der Waals surface area contributed by atoms with E-state index in [4.69, 9.17) is 4.74 Å². The van der Waals surface area contributed by atoms with Crippen molar-refractivity contribution >= 4 is 11.9 Å². The fourth-order valence-electron chi connectivity index (χ4n) is 3.45. The van der Waals surface area contributed by atoms with E-state index >= 15 is 0 Å². The van der Waals surface area contributed by atoms with E-state index in [9.17, 15) is 9.59 Å². The predicted molar refractivity (Wildman–Crippen MR) is 80.0 cm³/mol. The minimum atomic E-state index is -0.645. The van der Waals surface area contributed by atoms with E-state index in [1.165, 1.54) is 4.90 Å². The molecule has 2 aliphatic heterocycles. The molecule has 1 unspecified atom stereocenters. The minimum Gasteiger partial charge on any atom is -0.383 e. The maximum atomic E-state index is 12.6. The van der Waals surface area contributed by atoms with E-state index in [0.717, 1.165) is 32.4 Å². The molecule has 2 saturated heterocycles. The summed E-state index contributed by atoms with van der Waals surface area (Å²) in [6, 6.07) is 0.341. The van der Waals surface area contributed by atoms with Gasteiger partial charge in [-0.3, -0.25) is 9.69 Å². The fraction of sp³-hybridized carbons (Fsp3) is 0.867. The molecule has 0 bridgehead atoms. The third kappa shape index (κ3) is 2.66. The molecule has 21 heavy (non-hydrogen) atoms. The Kier molecular flexibility index (Phi) is 4.88. The van der Waals surface area contributed by atoms with Crippen molar-refractivity contribution in [3.05, 3.63) is 0 Å². The number of methoxy groups -OCH3 is 1. The summed E-state index contributed by atoms with van der Waals surface area (Å²) in [7, 11) is 3.20. The van der Waals surface area contributed by atoms with Gasteiger partial charge in [0.05, 0.1) is 6.61 Å². The zero-order valence-electron chi connectivity index (χ0n) is 13.6. The molecule has 2 heterocycles. The van der Waals surface area contributed by atoms with Crippen molar-refractivity contribution in [1.29, 1.82) is 0 Å². The molecule has 6 heteroatoms. The number of urea groups is 1. The van der Waals surface area contributed by atoms with Gasteiger partial charge in [-0.15, -0.1) is 0 Å². The number of likely N-dealkylation sites (N-methyl/N-ethyl adjacent to an activating group) is 1. The van der Waals surface area contributed by atoms with Crippen LogP contribution < -0.4 is 0 Å². The number of nitrogens with zero attached hydrogens (tertiary/aromatic N) is 3. The zero-order valence-corrected chi connectivity index (χ0v) is 13.6. The summed E-state index contributed by atoms with van der Waals surface area (Å²) in [6.07, 6.45) is 2.54. The largest absolute Gasteiger partial charge is 0.383 e. The maximum Gasteiger partial charge on any atom is 0.327 e. The van der Waals surface area contributed by atoms with Crippen LogP contribution in [0.5, 0.6) is 0 Å². The lowest BCUT2D eigenvalue weighted by atomic mass is 9.85. The van der Waals surface area contributed by atoms with E-state index in [2.05, 4.69) is 18.7 Å². The summed E-state index contributed by atoms with van der Waals surface area (Å²) in [5.41, 5.74) is -0.645. The van der Waals surface area contributed by atoms with Crippen LogP contribution in [0.15, 0.2) is 0 Å². The van der Waals surface area contributed by atoms with E-state index < -0.39 is 5.54 Å². The van der Waals surface area contributed by atoms with Crippen molar-refractivity contribution < 1.29 is 14.3 Å². The SMILES string of the molecule is CCC(C)N1CCC2(CC1)C(=O)N(C)C(=O)N2CCOC. The van der Waals surface area contributed by atoms with Gasteiger partial charge in [0.15, 0.2) is 0 Å². The Balaban J connectivity index is 2.15. The Morgan fingerprint density at radius 1 is 1.29 bits per heavy atom. The number of rotatable bonds is 5. The summed E-state index contributed by atoms with van der Waals surface area (Å²) < 4.78 is 5.10. The van der Waals surface area contributed by atoms with Crippen LogP contribution in [0, 0.1) is 0 Å². The van der Waals surface area contributed by atoms with Gasteiger partial charge in [-0.05, 0) is 26.2 Å². The van der Waals surface area contributed by atoms with Crippen molar-refractivity contribution in [1.82, 2.24) is 14.7 Å². The van der Waals surface area contributed by atoms with Gasteiger partial charge >= 0.3 is 6.03 Å². The van der Waals surface area contributed by atoms with Gasteiger partial charge < -0.3 is 14.5 Å². The highest BCUT2D eigenvalue weighted by Gasteiger charge is 2.56. The number of piperidine rings is 1. The molecule has 0 radical (unpaired) electrons. The van der Waals surface area contributed by atoms with Crippen LogP contribution in [0.25, 0.3) is 0 Å². The van der Waals surface area contributed by atoms with Gasteiger partial charge in [0.2, 0.25) is 0 Å². The molecular formula is C15H27N3O3. The molecule has 3 amide bonds. The second-order valence-electron chi connectivity index (χ2n) is 6.12. The van der Waals surface area contributed by atoms with Crippen molar-refractivity contribution in [3.63, 3.8) is 0 Å². The Labute approximate surface area is 127 Å². The minimum absolute atomic E-state index is 0.0487. The van der Waals surface area contributed by atoms with Gasteiger partial charge in [0.25, 0.3) is 5.91 Å². The first-order valence-corrected chi connectivity index (χ1v) is 7.80. The highest BCUT2D eigenvalue weighted by molar-refractivity contribution is 6.06. The molecule has 0 aliphatic carbocycles. The Morgan fingerprint density at radius 3 is 2.43 bits per heavy atom. The summed E-state index contributed by atoms with van der Waals surface area (Å²) in [4.78, 5) is 30.4. The fourth-order valence-corrected chi connectivity index (χ4v) is 3.45. The van der Waals surface area contributed by atoms with Crippen molar-refractivity contribution in [2.75, 3.05) is 40.4 Å². The van der Waals surface area contributed by atoms with Crippen LogP contribution in [-0.4, -0.2) is 78.6 Å². The van der Waals surface area contributed by atoms with Crippen molar-refractivity contribution in [2.45, 2.75) is 44.7 Å². The summed E-state index contributed by atoms with van der Waals surface area (Å²) >= 11 is 0. The normalized spacial score (nSPS) is 24.2. The lowest BCUT2D eigenvalue weighted by Gasteiger charge is -2.43. The number of hydrogen-bond acceptors (Lipinski definition) is 4. The number of likely N-dealkylation sites (tertiary alicyclic amines) is 1. The number of imide groups is 1. The number of ether oxygens (including phenoxy) is 1. The number of hydrogen-bond donors (Lipinski definition) is 0. The highest BCUT2D eigenvalue weighted by Crippen LogP contribution is 2.37. The lowest BCUT2D eigenvalue weighted by molar-refractivity contribution is -0.135. The first-order valence-electron chi connectivity index (χ1n) is 7.80. The maximum absolute atomic E-state index is 12.6. The second kappa shape index (κ2) is 6.32. The molecule has 0 aromatic carbocycles. The van der Waals surface area contributed by atoms with Gasteiger partial charge in [-0.2, -0.15) is 0 Å². The Bertz CT molecular complexity index is 405. The van der Waals surface area contributed by atoms with Gasteiger partial charge in [0, 0.05) is 39.8 Å². The number of carbonyl (C=O) groups excluding carboxylic acids is 2. The molecular weight excluding hydrogens is 270 g/mol. The monoisotopic (exact) mass is 297 g/mol. The van der Waals surface area contributed by atoms with Crippen LogP contribution in [0.2, 0.25) is 0 Å². The van der Waals surface area contributed by atoms with Gasteiger partial charge in [0.1, 0.15) is 5.54 Å². The average Bonchev–Trinajstić information content (AvgIpc) is 2.68. The van der Waals surface area contributed by atoms with E-state index in [-0.39, 0.29) is 11.9 Å². The first kappa shape index (κ1) is 16.2. The molecule has 0 saturated carbocycles. The molecule has 2 aliphatic rings. The second-order valence-corrected chi connectivity index (χ2v) is 6.12. The van der Waals surface area contributed by atoms with E-state index in [1.54, 1.807) is 19.1 Å². The molecule has 1 atom stereocenters. The number of carbonyl (C=O) groups is 2. The molecule has 120 valence electrons. The van der Waals surface area contributed by atoms with Crippen LogP contribution in [0.1, 0.15) is 33.1 Å². The van der Waals surface area contributed by atoms with E-state index in [0.29, 0.717) is 19.2 Å². The molecule has 1 spiro atoms. The third-order valence-corrected chi connectivity index (χ3v) is 5.10. The Morgan fingerprint density at radius 2 is 1.90 bits per heavy atom. The molecule has 0 N–H and O–H groups in total. The summed E-state index contributed by atoms with van der Waals surface area (Å²) in [5, 5.41) is 0. The highest BCUT2D eigenvalue weighted by atomic mass is 16.5. The first-order chi connectivity index (χ1) is 9.97. The smallest absolute Gasteiger partial charge is 0.327 e. The quantitative estimate of drug-likeness (QED) is 0.715. The van der Waals surface area contributed by atoms with Crippen molar-refractivity contribution in [2.24, 2.45) is 0 Å². The molecule has 6 nitrogen and oxygen atoms in total. The summed E-state index contributed by atoms with van der Waals surface area (Å²) in [5.74, 6) is -0.0487. The van der Waals surface area contributed by atoms with Crippen LogP contribution >= 0.6 is 0 Å². The molecule has 0 aromatic heterocycles. The average molecular weight is 297 g/mol. The molecule has 0 aromatic rings.